The predicted octanol–water partition coefficient (Wildman–Crippen LogP) is 2.31. The van der Waals surface area contributed by atoms with Crippen molar-refractivity contribution in [3.63, 3.8) is 0 Å². The van der Waals surface area contributed by atoms with Crippen molar-refractivity contribution in [2.45, 2.75) is 13.0 Å². The highest BCUT2D eigenvalue weighted by molar-refractivity contribution is 5.89. The van der Waals surface area contributed by atoms with Gasteiger partial charge < -0.3 is 9.84 Å². The van der Waals surface area contributed by atoms with E-state index in [-0.39, 0.29) is 17.7 Å². The summed E-state index contributed by atoms with van der Waals surface area (Å²) in [6.07, 6.45) is -2.62. The second-order valence-electron chi connectivity index (χ2n) is 3.01. The Morgan fingerprint density at radius 1 is 1.44 bits per heavy atom. The lowest BCUT2D eigenvalue weighted by Crippen LogP contribution is -2.08. The Labute approximate surface area is 89.5 Å². The Balaban J connectivity index is 2.75. The minimum absolute atomic E-state index is 0.162. The monoisotopic (exact) mass is 234 g/mol. The number of hydrogen-bond donors (Lipinski definition) is 1. The molecule has 0 amide bonds. The Bertz CT molecular complexity index is 380. The highest BCUT2D eigenvalue weighted by Crippen LogP contribution is 2.13. The summed E-state index contributed by atoms with van der Waals surface area (Å²) < 4.78 is 40.8. The summed E-state index contributed by atoms with van der Waals surface area (Å²) in [7, 11) is 0. The van der Waals surface area contributed by atoms with Gasteiger partial charge in [0.25, 0.3) is 6.43 Å². The van der Waals surface area contributed by atoms with Gasteiger partial charge in [0, 0.05) is 0 Å². The summed E-state index contributed by atoms with van der Waals surface area (Å²) in [5.41, 5.74) is -0.121. The van der Waals surface area contributed by atoms with E-state index < -0.39 is 24.8 Å². The second kappa shape index (κ2) is 5.50. The van der Waals surface area contributed by atoms with Crippen molar-refractivity contribution < 1.29 is 27.8 Å². The van der Waals surface area contributed by atoms with E-state index in [0.717, 1.165) is 12.1 Å². The lowest BCUT2D eigenvalue weighted by atomic mass is 10.1. The largest absolute Gasteiger partial charge is 0.478 e. The second-order valence-corrected chi connectivity index (χ2v) is 3.01. The first kappa shape index (κ1) is 12.5. The van der Waals surface area contributed by atoms with E-state index in [2.05, 4.69) is 4.74 Å². The molecule has 0 radical (unpaired) electrons. The van der Waals surface area contributed by atoms with Crippen LogP contribution >= 0.6 is 0 Å². The molecule has 0 aliphatic carbocycles. The molecule has 0 heterocycles. The van der Waals surface area contributed by atoms with Crippen LogP contribution in [0.1, 0.15) is 15.9 Å². The lowest BCUT2D eigenvalue weighted by molar-refractivity contribution is 0.00953. The van der Waals surface area contributed by atoms with Gasteiger partial charge in [-0.15, -0.1) is 0 Å². The average Bonchev–Trinajstić information content (AvgIpc) is 2.19. The van der Waals surface area contributed by atoms with Crippen molar-refractivity contribution in [3.05, 3.63) is 35.1 Å². The zero-order valence-corrected chi connectivity index (χ0v) is 8.12. The van der Waals surface area contributed by atoms with E-state index >= 15 is 0 Å². The topological polar surface area (TPSA) is 46.5 Å². The molecule has 0 aliphatic rings. The number of carbonyl (C=O) groups is 1. The van der Waals surface area contributed by atoms with Crippen molar-refractivity contribution in [1.82, 2.24) is 0 Å². The van der Waals surface area contributed by atoms with Gasteiger partial charge in [-0.2, -0.15) is 0 Å². The summed E-state index contributed by atoms with van der Waals surface area (Å²) in [5.74, 6) is -2.02. The average molecular weight is 234 g/mol. The third kappa shape index (κ3) is 3.54. The van der Waals surface area contributed by atoms with Gasteiger partial charge >= 0.3 is 5.97 Å². The van der Waals surface area contributed by atoms with Crippen LogP contribution in [0.15, 0.2) is 18.2 Å². The molecule has 0 aliphatic heterocycles. The van der Waals surface area contributed by atoms with Gasteiger partial charge in [0.1, 0.15) is 12.4 Å². The maximum Gasteiger partial charge on any atom is 0.336 e. The first-order valence-corrected chi connectivity index (χ1v) is 4.38. The van der Waals surface area contributed by atoms with Crippen molar-refractivity contribution in [2.24, 2.45) is 0 Å². The third-order valence-corrected chi connectivity index (χ3v) is 1.80. The van der Waals surface area contributed by atoms with Crippen LogP contribution in [0, 0.1) is 5.82 Å². The van der Waals surface area contributed by atoms with E-state index in [4.69, 9.17) is 5.11 Å². The van der Waals surface area contributed by atoms with Crippen molar-refractivity contribution in [2.75, 3.05) is 6.61 Å². The van der Waals surface area contributed by atoms with Crippen LogP contribution in [-0.2, 0) is 11.3 Å². The molecular formula is C10H9F3O3. The molecule has 1 rings (SSSR count). The number of carboxylic acid groups (broad SMARTS) is 1. The van der Waals surface area contributed by atoms with Gasteiger partial charge in [0.05, 0.1) is 12.2 Å². The molecule has 0 saturated carbocycles. The molecule has 1 aromatic rings. The molecule has 6 heteroatoms. The van der Waals surface area contributed by atoms with E-state index in [0.29, 0.717) is 0 Å². The van der Waals surface area contributed by atoms with E-state index in [9.17, 15) is 18.0 Å². The van der Waals surface area contributed by atoms with Crippen molar-refractivity contribution >= 4 is 5.97 Å². The third-order valence-electron chi connectivity index (χ3n) is 1.80. The van der Waals surface area contributed by atoms with Crippen LogP contribution in [0.25, 0.3) is 0 Å². The zero-order valence-electron chi connectivity index (χ0n) is 8.12. The summed E-state index contributed by atoms with van der Waals surface area (Å²) in [6, 6.07) is 3.07. The van der Waals surface area contributed by atoms with Crippen LogP contribution in [0.2, 0.25) is 0 Å². The molecule has 3 nitrogen and oxygen atoms in total. The maximum atomic E-state index is 12.7. The van der Waals surface area contributed by atoms with Crippen LogP contribution in [-0.4, -0.2) is 24.1 Å². The fraction of sp³-hybridized carbons (Fsp3) is 0.300. The van der Waals surface area contributed by atoms with E-state index in [1.54, 1.807) is 0 Å². The molecule has 0 aromatic heterocycles. The lowest BCUT2D eigenvalue weighted by Gasteiger charge is -2.07. The number of benzene rings is 1. The molecule has 0 fully saturated rings. The van der Waals surface area contributed by atoms with Gasteiger partial charge in [0.2, 0.25) is 0 Å². The maximum absolute atomic E-state index is 12.7. The molecule has 16 heavy (non-hydrogen) atoms. The molecular weight excluding hydrogens is 225 g/mol. The highest BCUT2D eigenvalue weighted by atomic mass is 19.3. The van der Waals surface area contributed by atoms with Gasteiger partial charge in [-0.25, -0.2) is 18.0 Å². The van der Waals surface area contributed by atoms with Crippen LogP contribution in [0.5, 0.6) is 0 Å². The number of aromatic carboxylic acids is 1. The van der Waals surface area contributed by atoms with Crippen LogP contribution < -0.4 is 0 Å². The minimum atomic E-state index is -2.62. The molecule has 0 unspecified atom stereocenters. The zero-order chi connectivity index (χ0) is 12.1. The van der Waals surface area contributed by atoms with Crippen LogP contribution in [0.3, 0.4) is 0 Å². The SMILES string of the molecule is O=C(O)c1cc(F)ccc1COCC(F)F. The first-order valence-electron chi connectivity index (χ1n) is 4.38. The summed E-state index contributed by atoms with van der Waals surface area (Å²) in [6.45, 7) is -1.07. The Morgan fingerprint density at radius 3 is 2.69 bits per heavy atom. The fourth-order valence-corrected chi connectivity index (χ4v) is 1.13. The first-order chi connectivity index (χ1) is 7.50. The van der Waals surface area contributed by atoms with E-state index in [1.807, 2.05) is 0 Å². The normalized spacial score (nSPS) is 10.8. The van der Waals surface area contributed by atoms with Crippen molar-refractivity contribution in [3.8, 4) is 0 Å². The number of ether oxygens (including phenoxy) is 1. The summed E-state index contributed by atoms with van der Waals surface area (Å²) >= 11 is 0. The van der Waals surface area contributed by atoms with Gasteiger partial charge in [0.15, 0.2) is 0 Å². The molecule has 1 aromatic carbocycles. The number of alkyl halides is 2. The van der Waals surface area contributed by atoms with Gasteiger partial charge in [-0.1, -0.05) is 6.07 Å². The molecule has 0 atom stereocenters. The highest BCUT2D eigenvalue weighted by Gasteiger charge is 2.12. The number of rotatable bonds is 5. The van der Waals surface area contributed by atoms with Gasteiger partial charge in [-0.3, -0.25) is 0 Å². The predicted molar refractivity (Wildman–Crippen MR) is 49.0 cm³/mol. The Morgan fingerprint density at radius 2 is 2.12 bits per heavy atom. The Hall–Kier alpha value is -1.56. The van der Waals surface area contributed by atoms with Crippen LogP contribution in [0.4, 0.5) is 13.2 Å². The molecule has 0 saturated heterocycles. The number of carboxylic acids is 1. The fourth-order valence-electron chi connectivity index (χ4n) is 1.13. The van der Waals surface area contributed by atoms with Gasteiger partial charge in [-0.05, 0) is 17.7 Å². The molecule has 0 spiro atoms. The summed E-state index contributed by atoms with van der Waals surface area (Å²) in [4.78, 5) is 10.7. The molecule has 1 N–H and O–H groups in total. The van der Waals surface area contributed by atoms with Crippen molar-refractivity contribution in [1.29, 1.82) is 0 Å². The quantitative estimate of drug-likeness (QED) is 0.850. The van der Waals surface area contributed by atoms with E-state index in [1.165, 1.54) is 6.07 Å². The number of hydrogen-bond acceptors (Lipinski definition) is 2. The minimum Gasteiger partial charge on any atom is -0.478 e. The summed E-state index contributed by atoms with van der Waals surface area (Å²) in [5, 5.41) is 8.73. The Kier molecular flexibility index (Phi) is 4.30. The smallest absolute Gasteiger partial charge is 0.336 e. The molecule has 88 valence electrons. The standard InChI is InChI=1S/C10H9F3O3/c11-7-2-1-6(4-16-5-9(12)13)8(3-7)10(14)15/h1-3,9H,4-5H2,(H,14,15). The molecule has 0 bridgehead atoms. The number of halogens is 3.